The summed E-state index contributed by atoms with van der Waals surface area (Å²) in [5.74, 6) is 0. The summed E-state index contributed by atoms with van der Waals surface area (Å²) in [5.41, 5.74) is 0. The minimum Gasteiger partial charge on any atom is -0.857 e. The number of hydrogen-bond acceptors (Lipinski definition) is 3. The Bertz CT molecular complexity index is 10.1. The van der Waals surface area contributed by atoms with Crippen molar-refractivity contribution in [3.63, 3.8) is 0 Å². The van der Waals surface area contributed by atoms with Gasteiger partial charge in [0.15, 0.2) is 0 Å². The quantitative estimate of drug-likeness (QED) is 0.457. The SMILES string of the molecule is CO.C[O-].C[O-].[Ba+2]. The third kappa shape index (κ3) is 105. The molecule has 0 saturated carbocycles. The van der Waals surface area contributed by atoms with Crippen molar-refractivity contribution in [2.24, 2.45) is 0 Å². The van der Waals surface area contributed by atoms with Crippen LogP contribution in [0.4, 0.5) is 0 Å². The Morgan fingerprint density at radius 1 is 0.857 bits per heavy atom. The van der Waals surface area contributed by atoms with Gasteiger partial charge in [0.05, 0.1) is 0 Å². The molecule has 0 aromatic rings. The summed E-state index contributed by atoms with van der Waals surface area (Å²) in [4.78, 5) is 0. The van der Waals surface area contributed by atoms with E-state index in [1.54, 1.807) is 0 Å². The van der Waals surface area contributed by atoms with E-state index in [1.807, 2.05) is 0 Å². The van der Waals surface area contributed by atoms with Gasteiger partial charge >= 0.3 is 48.9 Å². The topological polar surface area (TPSA) is 66.3 Å². The van der Waals surface area contributed by atoms with Gasteiger partial charge in [-0.1, -0.05) is 0 Å². The van der Waals surface area contributed by atoms with Gasteiger partial charge in [0, 0.05) is 7.11 Å². The van der Waals surface area contributed by atoms with E-state index in [0.29, 0.717) is 0 Å². The van der Waals surface area contributed by atoms with Crippen molar-refractivity contribution in [1.82, 2.24) is 0 Å². The van der Waals surface area contributed by atoms with E-state index >= 15 is 0 Å². The Labute approximate surface area is 84.4 Å². The summed E-state index contributed by atoms with van der Waals surface area (Å²) in [5, 5.41) is 23.5. The van der Waals surface area contributed by atoms with Crippen LogP contribution in [0, 0.1) is 0 Å². The first kappa shape index (κ1) is 23.7. The van der Waals surface area contributed by atoms with Crippen LogP contribution in [-0.2, 0) is 0 Å². The van der Waals surface area contributed by atoms with Crippen LogP contribution in [0.2, 0.25) is 0 Å². The van der Waals surface area contributed by atoms with Crippen molar-refractivity contribution in [3.8, 4) is 0 Å². The number of aliphatic hydroxyl groups excluding tert-OH is 1. The molecule has 0 aromatic heterocycles. The van der Waals surface area contributed by atoms with Gasteiger partial charge in [-0.25, -0.2) is 0 Å². The molecule has 0 amide bonds. The summed E-state index contributed by atoms with van der Waals surface area (Å²) < 4.78 is 0. The van der Waals surface area contributed by atoms with E-state index in [0.717, 1.165) is 21.3 Å². The van der Waals surface area contributed by atoms with Gasteiger partial charge in [0.25, 0.3) is 0 Å². The van der Waals surface area contributed by atoms with Crippen molar-refractivity contribution in [3.05, 3.63) is 0 Å². The van der Waals surface area contributed by atoms with Crippen molar-refractivity contribution >= 4 is 48.9 Å². The van der Waals surface area contributed by atoms with Crippen molar-refractivity contribution in [2.75, 3.05) is 21.3 Å². The Kier molecular flexibility index (Phi) is 498. The molecule has 0 heterocycles. The molecule has 0 bridgehead atoms. The van der Waals surface area contributed by atoms with E-state index in [-0.39, 0.29) is 48.9 Å². The Hall–Kier alpha value is 1.45. The van der Waals surface area contributed by atoms with Crippen molar-refractivity contribution < 1.29 is 15.3 Å². The fourth-order valence-electron chi connectivity index (χ4n) is 0. The van der Waals surface area contributed by atoms with Gasteiger partial charge in [0.1, 0.15) is 0 Å². The van der Waals surface area contributed by atoms with Crippen molar-refractivity contribution in [2.45, 2.75) is 0 Å². The molecule has 0 rings (SSSR count). The molecule has 1 N–H and O–H groups in total. The number of rotatable bonds is 0. The van der Waals surface area contributed by atoms with E-state index in [4.69, 9.17) is 15.3 Å². The van der Waals surface area contributed by atoms with Crippen LogP contribution in [0.3, 0.4) is 0 Å². The largest absolute Gasteiger partial charge is 2.00 e. The first-order valence-corrected chi connectivity index (χ1v) is 1.26. The Morgan fingerprint density at radius 2 is 0.857 bits per heavy atom. The average molecular weight is 231 g/mol. The average Bonchev–Trinajstić information content (AvgIpc) is 1.81. The van der Waals surface area contributed by atoms with Gasteiger partial charge in [-0.2, -0.15) is 14.2 Å². The van der Waals surface area contributed by atoms with E-state index in [2.05, 4.69) is 0 Å². The molecule has 0 spiro atoms. The maximum atomic E-state index is 8.25. The minimum atomic E-state index is 0. The standard InChI is InChI=1S/CH4O.2CH3O.Ba/c3*1-2;/h2H,1H3;2*1H3;/q;2*-1;+2. The molecule has 0 aromatic carbocycles. The van der Waals surface area contributed by atoms with Crippen LogP contribution in [0.15, 0.2) is 0 Å². The van der Waals surface area contributed by atoms with Crippen LogP contribution >= 0.6 is 0 Å². The van der Waals surface area contributed by atoms with Crippen LogP contribution in [0.25, 0.3) is 0 Å². The summed E-state index contributed by atoms with van der Waals surface area (Å²) in [6.45, 7) is 0. The molecule has 0 atom stereocenters. The smallest absolute Gasteiger partial charge is 0.857 e. The van der Waals surface area contributed by atoms with Gasteiger partial charge in [0.2, 0.25) is 0 Å². The summed E-state index contributed by atoms with van der Waals surface area (Å²) in [6, 6.07) is 0. The Balaban J connectivity index is -0.00000000900. The van der Waals surface area contributed by atoms with Gasteiger partial charge < -0.3 is 15.3 Å². The maximum absolute atomic E-state index is 8.25. The molecular weight excluding hydrogens is 221 g/mol. The van der Waals surface area contributed by atoms with E-state index in [9.17, 15) is 0 Å². The molecule has 0 saturated heterocycles. The van der Waals surface area contributed by atoms with Gasteiger partial charge in [-0.3, -0.25) is 0 Å². The normalized spacial score (nSPS) is 2.57. The molecule has 0 unspecified atom stereocenters. The Morgan fingerprint density at radius 3 is 0.857 bits per heavy atom. The minimum absolute atomic E-state index is 0. The maximum Gasteiger partial charge on any atom is 2.00 e. The predicted octanol–water partition coefficient (Wildman–Crippen LogP) is -2.82. The van der Waals surface area contributed by atoms with Crippen LogP contribution < -0.4 is 10.2 Å². The molecule has 0 aliphatic heterocycles. The zero-order chi connectivity index (χ0) is 6.00. The third-order valence-corrected chi connectivity index (χ3v) is 0. The van der Waals surface area contributed by atoms with Crippen molar-refractivity contribution in [1.29, 1.82) is 0 Å². The fourth-order valence-corrected chi connectivity index (χ4v) is 0. The molecule has 7 heavy (non-hydrogen) atoms. The fraction of sp³-hybridized carbons (Fsp3) is 1.00. The van der Waals surface area contributed by atoms with E-state index in [1.165, 1.54) is 0 Å². The number of hydrogen-bond donors (Lipinski definition) is 1. The first-order chi connectivity index (χ1) is 3.00. The molecule has 3 nitrogen and oxygen atoms in total. The first-order valence-electron chi connectivity index (χ1n) is 1.26. The summed E-state index contributed by atoms with van der Waals surface area (Å²) in [7, 11) is 2.50. The second-order valence-electron chi connectivity index (χ2n) is 0. The second-order valence-corrected chi connectivity index (χ2v) is 0. The van der Waals surface area contributed by atoms with Crippen LogP contribution in [0.1, 0.15) is 0 Å². The molecular formula is C3H10BaO3. The molecule has 0 aliphatic rings. The third-order valence-electron chi connectivity index (χ3n) is 0. The molecule has 0 aliphatic carbocycles. The van der Waals surface area contributed by atoms with Gasteiger partial charge in [-0.05, 0) is 0 Å². The predicted molar refractivity (Wildman–Crippen MR) is 25.7 cm³/mol. The molecule has 0 radical (unpaired) electrons. The molecule has 4 heteroatoms. The zero-order valence-electron chi connectivity index (χ0n) is 4.97. The van der Waals surface area contributed by atoms with Crippen LogP contribution in [0.5, 0.6) is 0 Å². The van der Waals surface area contributed by atoms with E-state index < -0.39 is 0 Å². The second kappa shape index (κ2) is 147. The van der Waals surface area contributed by atoms with Gasteiger partial charge in [-0.15, -0.1) is 0 Å². The molecule has 42 valence electrons. The molecule has 0 fully saturated rings. The monoisotopic (exact) mass is 232 g/mol. The summed E-state index contributed by atoms with van der Waals surface area (Å²) in [6.07, 6.45) is 0. The zero-order valence-corrected chi connectivity index (χ0v) is 9.41. The summed E-state index contributed by atoms with van der Waals surface area (Å²) >= 11 is 0. The number of aliphatic hydroxyl groups is 1. The van der Waals surface area contributed by atoms with Crippen LogP contribution in [-0.4, -0.2) is 75.3 Å².